The topological polar surface area (TPSA) is 46.2 Å². The minimum absolute atomic E-state index is 0.0282. The van der Waals surface area contributed by atoms with Crippen molar-refractivity contribution in [3.63, 3.8) is 0 Å². The van der Waals surface area contributed by atoms with Crippen molar-refractivity contribution in [3.05, 3.63) is 29.8 Å². The second kappa shape index (κ2) is 5.49. The predicted molar refractivity (Wildman–Crippen MR) is 86.7 cm³/mol. The summed E-state index contributed by atoms with van der Waals surface area (Å²) in [6.07, 6.45) is 7.13. The molecule has 0 heterocycles. The van der Waals surface area contributed by atoms with Crippen LogP contribution >= 0.6 is 0 Å². The van der Waals surface area contributed by atoms with Crippen molar-refractivity contribution >= 4 is 10.0 Å². The van der Waals surface area contributed by atoms with E-state index in [0.29, 0.717) is 0 Å². The summed E-state index contributed by atoms with van der Waals surface area (Å²) in [5.41, 5.74) is 0.0282. The van der Waals surface area contributed by atoms with E-state index in [1.807, 2.05) is 6.92 Å². The van der Waals surface area contributed by atoms with E-state index in [0.717, 1.165) is 55.2 Å². The van der Waals surface area contributed by atoms with Crippen LogP contribution in [0.4, 0.5) is 8.78 Å². The van der Waals surface area contributed by atoms with E-state index in [9.17, 15) is 17.2 Å². The van der Waals surface area contributed by atoms with Gasteiger partial charge in [-0.25, -0.2) is 21.9 Å². The predicted octanol–water partition coefficient (Wildman–Crippen LogP) is 3.85. The van der Waals surface area contributed by atoms with Gasteiger partial charge in [0.1, 0.15) is 0 Å². The Bertz CT molecular complexity index is 727. The summed E-state index contributed by atoms with van der Waals surface area (Å²) < 4.78 is 54.4. The van der Waals surface area contributed by atoms with Gasteiger partial charge in [-0.1, -0.05) is 0 Å². The lowest BCUT2D eigenvalue weighted by Gasteiger charge is -2.59. The van der Waals surface area contributed by atoms with Crippen molar-refractivity contribution in [1.29, 1.82) is 0 Å². The number of hydrogen-bond donors (Lipinski definition) is 1. The fourth-order valence-corrected chi connectivity index (χ4v) is 7.14. The van der Waals surface area contributed by atoms with E-state index >= 15 is 0 Å². The molecule has 4 bridgehead atoms. The van der Waals surface area contributed by atoms with E-state index in [2.05, 4.69) is 4.72 Å². The highest BCUT2D eigenvalue weighted by atomic mass is 32.2. The Balaban J connectivity index is 1.57. The zero-order valence-corrected chi connectivity index (χ0v) is 14.6. The minimum Gasteiger partial charge on any atom is -0.208 e. The number of rotatable bonds is 4. The van der Waals surface area contributed by atoms with E-state index < -0.39 is 21.7 Å². The molecule has 4 saturated carbocycles. The van der Waals surface area contributed by atoms with Crippen molar-refractivity contribution in [2.75, 3.05) is 0 Å². The number of nitrogens with one attached hydrogen (secondary N) is 1. The maximum atomic E-state index is 13.4. The highest BCUT2D eigenvalue weighted by Gasteiger charge is 2.53. The first kappa shape index (κ1) is 16.5. The van der Waals surface area contributed by atoms with Crippen molar-refractivity contribution < 1.29 is 17.2 Å². The lowest BCUT2D eigenvalue weighted by Crippen LogP contribution is -2.55. The Morgan fingerprint density at radius 3 is 2.08 bits per heavy atom. The maximum absolute atomic E-state index is 13.4. The summed E-state index contributed by atoms with van der Waals surface area (Å²) in [4.78, 5) is -0.210. The maximum Gasteiger partial charge on any atom is 0.240 e. The zero-order chi connectivity index (χ0) is 17.1. The van der Waals surface area contributed by atoms with E-state index in [-0.39, 0.29) is 16.4 Å². The molecule has 6 heteroatoms. The molecule has 0 radical (unpaired) electrons. The van der Waals surface area contributed by atoms with Gasteiger partial charge in [0, 0.05) is 6.04 Å². The summed E-state index contributed by atoms with van der Waals surface area (Å²) in [7, 11) is -3.85. The molecule has 4 fully saturated rings. The van der Waals surface area contributed by atoms with Gasteiger partial charge in [0.05, 0.1) is 4.90 Å². The molecule has 1 aromatic carbocycles. The van der Waals surface area contributed by atoms with Crippen LogP contribution in [0.2, 0.25) is 0 Å². The Labute approximate surface area is 141 Å². The molecule has 0 amide bonds. The normalized spacial score (nSPS) is 36.0. The summed E-state index contributed by atoms with van der Waals surface area (Å²) in [5, 5.41) is 0. The molecule has 24 heavy (non-hydrogen) atoms. The Morgan fingerprint density at radius 2 is 1.58 bits per heavy atom. The third kappa shape index (κ3) is 2.68. The molecule has 1 N–H and O–H groups in total. The molecule has 5 rings (SSSR count). The van der Waals surface area contributed by atoms with Crippen LogP contribution in [0.3, 0.4) is 0 Å². The van der Waals surface area contributed by atoms with Crippen LogP contribution in [0.1, 0.15) is 45.4 Å². The third-order valence-electron chi connectivity index (χ3n) is 6.54. The summed E-state index contributed by atoms with van der Waals surface area (Å²) >= 11 is 0. The zero-order valence-electron chi connectivity index (χ0n) is 13.8. The van der Waals surface area contributed by atoms with Crippen LogP contribution < -0.4 is 4.72 Å². The average molecular weight is 355 g/mol. The standard InChI is InChI=1S/C18H23F2NO2S/c1-11(18-8-12-4-13(9-18)6-14(5-12)10-18)21-24(22,23)15-2-3-16(19)17(20)7-15/h2-3,7,11-14,21H,4-6,8-10H2,1H3/t11-,12?,13?,14?,18?/m1/s1. The van der Waals surface area contributed by atoms with Crippen molar-refractivity contribution in [2.45, 2.75) is 56.4 Å². The average Bonchev–Trinajstić information content (AvgIpc) is 2.48. The first-order valence-electron chi connectivity index (χ1n) is 8.75. The van der Waals surface area contributed by atoms with Crippen LogP contribution in [0.15, 0.2) is 23.1 Å². The van der Waals surface area contributed by atoms with Gasteiger partial charge in [0.15, 0.2) is 11.6 Å². The quantitative estimate of drug-likeness (QED) is 0.892. The van der Waals surface area contributed by atoms with Gasteiger partial charge < -0.3 is 0 Å². The largest absolute Gasteiger partial charge is 0.240 e. The molecule has 4 aliphatic rings. The first-order valence-corrected chi connectivity index (χ1v) is 10.2. The van der Waals surface area contributed by atoms with Gasteiger partial charge in [-0.3, -0.25) is 0 Å². The summed E-state index contributed by atoms with van der Waals surface area (Å²) in [6.45, 7) is 1.94. The lowest BCUT2D eigenvalue weighted by atomic mass is 9.48. The Kier molecular flexibility index (Phi) is 3.77. The van der Waals surface area contributed by atoms with E-state index in [1.165, 1.54) is 19.3 Å². The van der Waals surface area contributed by atoms with Crippen LogP contribution in [0.5, 0.6) is 0 Å². The van der Waals surface area contributed by atoms with Gasteiger partial charge >= 0.3 is 0 Å². The molecule has 1 aromatic rings. The first-order chi connectivity index (χ1) is 11.3. The molecule has 0 spiro atoms. The Morgan fingerprint density at radius 1 is 1.04 bits per heavy atom. The van der Waals surface area contributed by atoms with Crippen molar-refractivity contribution in [2.24, 2.45) is 23.2 Å². The fraction of sp³-hybridized carbons (Fsp3) is 0.667. The SMILES string of the molecule is C[C@@H](NS(=O)(=O)c1ccc(F)c(F)c1)C12CC3CC(CC(C3)C1)C2. The smallest absolute Gasteiger partial charge is 0.208 e. The van der Waals surface area contributed by atoms with E-state index in [4.69, 9.17) is 0 Å². The number of sulfonamides is 1. The molecular formula is C18H23F2NO2S. The van der Waals surface area contributed by atoms with Crippen molar-refractivity contribution in [3.8, 4) is 0 Å². The highest BCUT2D eigenvalue weighted by molar-refractivity contribution is 7.89. The number of halogens is 2. The van der Waals surface area contributed by atoms with Crippen molar-refractivity contribution in [1.82, 2.24) is 4.72 Å². The number of benzene rings is 1. The van der Waals surface area contributed by atoms with Gasteiger partial charge in [0.2, 0.25) is 10.0 Å². The van der Waals surface area contributed by atoms with Gasteiger partial charge in [-0.05, 0) is 86.8 Å². The Hall–Kier alpha value is -1.01. The summed E-state index contributed by atoms with van der Waals surface area (Å²) in [6, 6.07) is 2.54. The molecule has 4 aliphatic carbocycles. The van der Waals surface area contributed by atoms with Gasteiger partial charge in [-0.15, -0.1) is 0 Å². The molecule has 3 nitrogen and oxygen atoms in total. The molecule has 0 saturated heterocycles. The molecular weight excluding hydrogens is 332 g/mol. The molecule has 0 aliphatic heterocycles. The van der Waals surface area contributed by atoms with Gasteiger partial charge in [0.25, 0.3) is 0 Å². The van der Waals surface area contributed by atoms with Crippen LogP contribution in [-0.4, -0.2) is 14.5 Å². The minimum atomic E-state index is -3.85. The molecule has 0 unspecified atom stereocenters. The monoisotopic (exact) mass is 355 g/mol. The van der Waals surface area contributed by atoms with Gasteiger partial charge in [-0.2, -0.15) is 0 Å². The molecule has 1 atom stereocenters. The summed E-state index contributed by atoms with van der Waals surface area (Å²) in [5.74, 6) is 0.00724. The molecule has 132 valence electrons. The highest BCUT2D eigenvalue weighted by Crippen LogP contribution is 2.61. The second-order valence-electron chi connectivity index (χ2n) is 8.20. The van der Waals surface area contributed by atoms with Crippen LogP contribution in [0.25, 0.3) is 0 Å². The van der Waals surface area contributed by atoms with Crippen LogP contribution in [-0.2, 0) is 10.0 Å². The third-order valence-corrected chi connectivity index (χ3v) is 8.08. The number of hydrogen-bond acceptors (Lipinski definition) is 2. The van der Waals surface area contributed by atoms with E-state index in [1.54, 1.807) is 0 Å². The molecule has 0 aromatic heterocycles. The van der Waals surface area contributed by atoms with Crippen LogP contribution in [0, 0.1) is 34.8 Å². The second-order valence-corrected chi connectivity index (χ2v) is 9.91. The fourth-order valence-electron chi connectivity index (χ4n) is 5.78. The lowest BCUT2D eigenvalue weighted by molar-refractivity contribution is -0.0666.